The first-order valence-electron chi connectivity index (χ1n) is 10.7. The van der Waals surface area contributed by atoms with Crippen LogP contribution in [-0.4, -0.2) is 81.8 Å². The number of H-pyrrole nitrogens is 1. The summed E-state index contributed by atoms with van der Waals surface area (Å²) >= 11 is 2.95. The van der Waals surface area contributed by atoms with Crippen molar-refractivity contribution >= 4 is 57.0 Å². The van der Waals surface area contributed by atoms with Crippen molar-refractivity contribution < 1.29 is 14.4 Å². The second kappa shape index (κ2) is 10.7. The number of anilines is 1. The number of aromatic nitrogens is 2. The van der Waals surface area contributed by atoms with E-state index in [1.54, 1.807) is 39.3 Å². The summed E-state index contributed by atoms with van der Waals surface area (Å²) in [6.45, 7) is 1.69. The summed E-state index contributed by atoms with van der Waals surface area (Å²) in [6.07, 6.45) is 5.83. The van der Waals surface area contributed by atoms with E-state index in [9.17, 15) is 14.4 Å². The average molecular weight is 487 g/mol. The van der Waals surface area contributed by atoms with Crippen molar-refractivity contribution in [2.24, 2.45) is 0 Å². The molecule has 4 amide bonds. The maximum atomic E-state index is 13.0. The first-order chi connectivity index (χ1) is 16.1. The molecule has 1 atom stereocenters. The Bertz CT molecular complexity index is 1110. The minimum Gasteiger partial charge on any atom is -0.360 e. The molecule has 1 saturated heterocycles. The van der Waals surface area contributed by atoms with E-state index in [4.69, 9.17) is 0 Å². The smallest absolute Gasteiger partial charge is 0.318 e. The summed E-state index contributed by atoms with van der Waals surface area (Å²) in [7, 11) is 0. The number of thiazole rings is 1. The Balaban J connectivity index is 1.33. The Hall–Kier alpha value is -3.05. The van der Waals surface area contributed by atoms with Crippen molar-refractivity contribution in [1.82, 2.24) is 25.1 Å². The molecule has 11 heteroatoms. The van der Waals surface area contributed by atoms with E-state index in [2.05, 4.69) is 20.6 Å². The lowest BCUT2D eigenvalue weighted by atomic mass is 10.1. The standard InChI is InChI=1S/C22H26N6O3S2/c1-32-12-6-18(19(29)26-21-23-7-13-33-21)25-22(31)28-10-8-27(9-11-28)20(30)16-14-24-17-5-3-2-4-15(16)17/h2-5,7,13-14,18,24H,6,8-12H2,1H3,(H,25,31)(H,23,26,29)/t18-/m1/s1. The van der Waals surface area contributed by atoms with Gasteiger partial charge in [-0.3, -0.25) is 9.59 Å². The van der Waals surface area contributed by atoms with Gasteiger partial charge in [-0.1, -0.05) is 18.2 Å². The lowest BCUT2D eigenvalue weighted by molar-refractivity contribution is -0.118. The summed E-state index contributed by atoms with van der Waals surface area (Å²) in [5.41, 5.74) is 1.56. The minimum atomic E-state index is -0.653. The number of rotatable bonds is 7. The second-order valence-electron chi connectivity index (χ2n) is 7.64. The first kappa shape index (κ1) is 23.1. The van der Waals surface area contributed by atoms with E-state index in [-0.39, 0.29) is 17.8 Å². The number of urea groups is 1. The summed E-state index contributed by atoms with van der Waals surface area (Å²) < 4.78 is 0. The Morgan fingerprint density at radius 2 is 1.94 bits per heavy atom. The highest BCUT2D eigenvalue weighted by Crippen LogP contribution is 2.20. The number of fused-ring (bicyclic) bond motifs is 1. The highest BCUT2D eigenvalue weighted by molar-refractivity contribution is 7.98. The molecule has 174 valence electrons. The number of amides is 4. The third-order valence-corrected chi connectivity index (χ3v) is 6.89. The fourth-order valence-electron chi connectivity index (χ4n) is 3.75. The number of thioether (sulfide) groups is 1. The molecule has 0 bridgehead atoms. The molecule has 3 aromatic rings. The molecule has 0 saturated carbocycles. The van der Waals surface area contributed by atoms with E-state index >= 15 is 0 Å². The fourth-order valence-corrected chi connectivity index (χ4v) is 4.76. The molecule has 1 fully saturated rings. The van der Waals surface area contributed by atoms with Crippen LogP contribution in [0, 0.1) is 0 Å². The van der Waals surface area contributed by atoms with Gasteiger partial charge < -0.3 is 25.4 Å². The van der Waals surface area contributed by atoms with Gasteiger partial charge in [0, 0.05) is 54.9 Å². The van der Waals surface area contributed by atoms with Gasteiger partial charge in [0.25, 0.3) is 5.91 Å². The van der Waals surface area contributed by atoms with Crippen LogP contribution in [0.4, 0.5) is 9.93 Å². The van der Waals surface area contributed by atoms with E-state index in [1.807, 2.05) is 30.5 Å². The molecule has 1 aromatic carbocycles. The molecular formula is C22H26N6O3S2. The molecule has 1 aliphatic heterocycles. The lowest BCUT2D eigenvalue weighted by Gasteiger charge is -2.35. The van der Waals surface area contributed by atoms with Crippen LogP contribution in [0.15, 0.2) is 42.0 Å². The van der Waals surface area contributed by atoms with Crippen molar-refractivity contribution in [2.45, 2.75) is 12.5 Å². The SMILES string of the molecule is CSCC[C@@H](NC(=O)N1CCN(C(=O)c2c[nH]c3ccccc23)CC1)C(=O)Nc1nccs1. The largest absolute Gasteiger partial charge is 0.360 e. The molecule has 9 nitrogen and oxygen atoms in total. The number of carbonyl (C=O) groups is 3. The zero-order valence-corrected chi connectivity index (χ0v) is 19.9. The number of aromatic amines is 1. The van der Waals surface area contributed by atoms with Crippen LogP contribution in [0.2, 0.25) is 0 Å². The first-order valence-corrected chi connectivity index (χ1v) is 12.9. The number of nitrogens with one attached hydrogen (secondary N) is 3. The van der Waals surface area contributed by atoms with Crippen LogP contribution in [0.1, 0.15) is 16.8 Å². The van der Waals surface area contributed by atoms with Crippen molar-refractivity contribution in [3.8, 4) is 0 Å². The van der Waals surface area contributed by atoms with Gasteiger partial charge >= 0.3 is 6.03 Å². The zero-order valence-electron chi connectivity index (χ0n) is 18.2. The molecule has 0 radical (unpaired) electrons. The maximum absolute atomic E-state index is 13.0. The molecule has 33 heavy (non-hydrogen) atoms. The van der Waals surface area contributed by atoms with Crippen LogP contribution in [-0.2, 0) is 4.79 Å². The summed E-state index contributed by atoms with van der Waals surface area (Å²) in [6, 6.07) is 6.75. The summed E-state index contributed by atoms with van der Waals surface area (Å²) in [5, 5.41) is 8.80. The van der Waals surface area contributed by atoms with Gasteiger partial charge in [0.2, 0.25) is 5.91 Å². The Morgan fingerprint density at radius 3 is 2.67 bits per heavy atom. The van der Waals surface area contributed by atoms with Crippen molar-refractivity contribution in [2.75, 3.05) is 43.5 Å². The van der Waals surface area contributed by atoms with Gasteiger partial charge in [-0.15, -0.1) is 11.3 Å². The van der Waals surface area contributed by atoms with Gasteiger partial charge in [0.15, 0.2) is 5.13 Å². The van der Waals surface area contributed by atoms with Crippen molar-refractivity contribution in [3.63, 3.8) is 0 Å². The normalized spacial score (nSPS) is 14.8. The van der Waals surface area contributed by atoms with Crippen molar-refractivity contribution in [3.05, 3.63) is 47.6 Å². The third kappa shape index (κ3) is 5.48. The van der Waals surface area contributed by atoms with Gasteiger partial charge in [-0.25, -0.2) is 9.78 Å². The number of para-hydroxylation sites is 1. The Morgan fingerprint density at radius 1 is 1.18 bits per heavy atom. The highest BCUT2D eigenvalue weighted by Gasteiger charge is 2.29. The number of hydrogen-bond acceptors (Lipinski definition) is 6. The number of piperazine rings is 1. The van der Waals surface area contributed by atoms with E-state index in [0.29, 0.717) is 43.3 Å². The van der Waals surface area contributed by atoms with Crippen LogP contribution in [0.5, 0.6) is 0 Å². The summed E-state index contributed by atoms with van der Waals surface area (Å²) in [5.74, 6) is 0.414. The third-order valence-electron chi connectivity index (χ3n) is 5.56. The molecule has 2 aromatic heterocycles. The predicted molar refractivity (Wildman–Crippen MR) is 132 cm³/mol. The van der Waals surface area contributed by atoms with Gasteiger partial charge in [0.1, 0.15) is 6.04 Å². The Kier molecular flexibility index (Phi) is 7.50. The number of carbonyl (C=O) groups excluding carboxylic acids is 3. The molecular weight excluding hydrogens is 460 g/mol. The van der Waals surface area contributed by atoms with Crippen LogP contribution < -0.4 is 10.6 Å². The van der Waals surface area contributed by atoms with Gasteiger partial charge in [0.05, 0.1) is 5.56 Å². The predicted octanol–water partition coefficient (Wildman–Crippen LogP) is 2.85. The zero-order chi connectivity index (χ0) is 23.2. The Labute approximate surface area is 199 Å². The molecule has 4 rings (SSSR count). The van der Waals surface area contributed by atoms with Gasteiger partial charge in [-0.05, 0) is 24.5 Å². The van der Waals surface area contributed by atoms with E-state index < -0.39 is 6.04 Å². The number of benzene rings is 1. The fraction of sp³-hybridized carbons (Fsp3) is 0.364. The van der Waals surface area contributed by atoms with Crippen LogP contribution >= 0.6 is 23.1 Å². The highest BCUT2D eigenvalue weighted by atomic mass is 32.2. The monoisotopic (exact) mass is 486 g/mol. The van der Waals surface area contributed by atoms with Gasteiger partial charge in [-0.2, -0.15) is 11.8 Å². The molecule has 0 aliphatic carbocycles. The molecule has 3 N–H and O–H groups in total. The summed E-state index contributed by atoms with van der Waals surface area (Å²) in [4.78, 5) is 49.2. The van der Waals surface area contributed by atoms with Crippen LogP contribution in [0.25, 0.3) is 10.9 Å². The molecule has 1 aliphatic rings. The molecule has 3 heterocycles. The lowest BCUT2D eigenvalue weighted by Crippen LogP contribution is -2.56. The maximum Gasteiger partial charge on any atom is 0.318 e. The van der Waals surface area contributed by atoms with E-state index in [1.165, 1.54) is 11.3 Å². The van der Waals surface area contributed by atoms with Crippen LogP contribution in [0.3, 0.4) is 0 Å². The number of nitrogens with zero attached hydrogens (tertiary/aromatic N) is 3. The number of hydrogen-bond donors (Lipinski definition) is 3. The minimum absolute atomic E-state index is 0.0480. The second-order valence-corrected chi connectivity index (χ2v) is 9.52. The topological polar surface area (TPSA) is 110 Å². The average Bonchev–Trinajstić information content (AvgIpc) is 3.51. The van der Waals surface area contributed by atoms with Crippen molar-refractivity contribution in [1.29, 1.82) is 0 Å². The quantitative estimate of drug-likeness (QED) is 0.476. The van der Waals surface area contributed by atoms with E-state index in [0.717, 1.165) is 16.7 Å². The molecule has 0 unspecified atom stereocenters. The molecule has 0 spiro atoms.